The third-order valence-electron chi connectivity index (χ3n) is 3.64. The number of hydrazone groups is 1. The van der Waals surface area contributed by atoms with E-state index < -0.39 is 0 Å². The Morgan fingerprint density at radius 2 is 2.12 bits per heavy atom. The lowest BCUT2D eigenvalue weighted by atomic mass is 9.87. The Labute approximate surface area is 104 Å². The van der Waals surface area contributed by atoms with Crippen LogP contribution in [0.1, 0.15) is 45.6 Å². The molecule has 0 bridgehead atoms. The van der Waals surface area contributed by atoms with E-state index in [1.807, 2.05) is 0 Å². The molecule has 0 fully saturated rings. The van der Waals surface area contributed by atoms with Crippen molar-refractivity contribution in [3.8, 4) is 0 Å². The molecule has 0 saturated heterocycles. The molecule has 0 saturated carbocycles. The largest absolute Gasteiger partial charge is 0.265 e. The van der Waals surface area contributed by atoms with E-state index >= 15 is 0 Å². The summed E-state index contributed by atoms with van der Waals surface area (Å²) >= 11 is 0. The number of fused-ring (bicyclic) bond motifs is 1. The second-order valence-corrected chi connectivity index (χ2v) is 5.18. The van der Waals surface area contributed by atoms with Gasteiger partial charge in [0.25, 0.3) is 0 Å². The average Bonchev–Trinajstić information content (AvgIpc) is 2.67. The summed E-state index contributed by atoms with van der Waals surface area (Å²) in [6.45, 7) is 9.75. The highest BCUT2D eigenvalue weighted by Gasteiger charge is 2.31. The Kier molecular flexibility index (Phi) is 3.51. The Bertz CT molecular complexity index is 419. The van der Waals surface area contributed by atoms with Crippen LogP contribution in [0.2, 0.25) is 0 Å². The molecule has 2 heteroatoms. The van der Waals surface area contributed by atoms with Gasteiger partial charge < -0.3 is 0 Å². The van der Waals surface area contributed by atoms with E-state index in [1.165, 1.54) is 17.7 Å². The SMILES string of the molecule is CCC(C)C1CN(N=C(C)C)c2ccccc21. The van der Waals surface area contributed by atoms with Gasteiger partial charge in [-0.25, -0.2) is 0 Å². The zero-order valence-corrected chi connectivity index (χ0v) is 11.3. The van der Waals surface area contributed by atoms with Gasteiger partial charge in [0.1, 0.15) is 0 Å². The van der Waals surface area contributed by atoms with E-state index in [4.69, 9.17) is 0 Å². The van der Waals surface area contributed by atoms with Gasteiger partial charge in [-0.2, -0.15) is 5.10 Å². The summed E-state index contributed by atoms with van der Waals surface area (Å²) in [6, 6.07) is 8.68. The van der Waals surface area contributed by atoms with Crippen LogP contribution < -0.4 is 5.01 Å². The maximum absolute atomic E-state index is 4.63. The highest BCUT2D eigenvalue weighted by Crippen LogP contribution is 2.41. The van der Waals surface area contributed by atoms with E-state index in [0.717, 1.165) is 12.3 Å². The maximum atomic E-state index is 4.63. The van der Waals surface area contributed by atoms with Crippen molar-refractivity contribution in [1.29, 1.82) is 0 Å². The molecule has 1 aromatic rings. The van der Waals surface area contributed by atoms with Crippen molar-refractivity contribution in [2.45, 2.75) is 40.0 Å². The zero-order chi connectivity index (χ0) is 12.4. The molecule has 1 aliphatic heterocycles. The number of hydrogen-bond acceptors (Lipinski definition) is 2. The van der Waals surface area contributed by atoms with Crippen LogP contribution in [0.15, 0.2) is 29.4 Å². The molecular weight excluding hydrogens is 208 g/mol. The van der Waals surface area contributed by atoms with Crippen molar-refractivity contribution in [1.82, 2.24) is 0 Å². The first-order valence-corrected chi connectivity index (χ1v) is 6.51. The van der Waals surface area contributed by atoms with Gasteiger partial charge in [-0.15, -0.1) is 0 Å². The summed E-state index contributed by atoms with van der Waals surface area (Å²) < 4.78 is 0. The van der Waals surface area contributed by atoms with Gasteiger partial charge in [0.15, 0.2) is 0 Å². The van der Waals surface area contributed by atoms with Crippen LogP contribution in [0.25, 0.3) is 0 Å². The van der Waals surface area contributed by atoms with E-state index in [-0.39, 0.29) is 0 Å². The highest BCUT2D eigenvalue weighted by molar-refractivity contribution is 5.80. The Hall–Kier alpha value is -1.31. The molecule has 2 rings (SSSR count). The monoisotopic (exact) mass is 230 g/mol. The Morgan fingerprint density at radius 1 is 1.41 bits per heavy atom. The van der Waals surface area contributed by atoms with Gasteiger partial charge in [0, 0.05) is 18.2 Å². The van der Waals surface area contributed by atoms with Gasteiger partial charge in [-0.05, 0) is 31.4 Å². The van der Waals surface area contributed by atoms with Crippen LogP contribution in [0.4, 0.5) is 5.69 Å². The van der Waals surface area contributed by atoms with Gasteiger partial charge >= 0.3 is 0 Å². The normalized spacial score (nSPS) is 20.0. The summed E-state index contributed by atoms with van der Waals surface area (Å²) in [6.07, 6.45) is 1.22. The smallest absolute Gasteiger partial charge is 0.0629 e. The molecule has 0 aliphatic carbocycles. The first-order valence-electron chi connectivity index (χ1n) is 6.51. The van der Waals surface area contributed by atoms with Gasteiger partial charge in [-0.3, -0.25) is 5.01 Å². The van der Waals surface area contributed by atoms with Crippen LogP contribution in [0.5, 0.6) is 0 Å². The topological polar surface area (TPSA) is 15.6 Å². The molecule has 92 valence electrons. The second kappa shape index (κ2) is 4.91. The standard InChI is InChI=1S/C15H22N2/c1-5-12(4)14-10-17(16-11(2)3)15-9-7-6-8-13(14)15/h6-9,12,14H,5,10H2,1-4H3. The number of rotatable bonds is 3. The highest BCUT2D eigenvalue weighted by atomic mass is 15.5. The first-order chi connectivity index (χ1) is 8.13. The van der Waals surface area contributed by atoms with Gasteiger partial charge in [0.2, 0.25) is 0 Å². The minimum atomic E-state index is 0.624. The molecule has 0 aromatic heterocycles. The van der Waals surface area contributed by atoms with E-state index in [9.17, 15) is 0 Å². The van der Waals surface area contributed by atoms with Crippen molar-refractivity contribution in [3.63, 3.8) is 0 Å². The van der Waals surface area contributed by atoms with Crippen molar-refractivity contribution in [2.24, 2.45) is 11.0 Å². The predicted molar refractivity (Wildman–Crippen MR) is 74.8 cm³/mol. The van der Waals surface area contributed by atoms with Crippen LogP contribution in [-0.2, 0) is 0 Å². The molecule has 0 amide bonds. The number of para-hydroxylation sites is 1. The quantitative estimate of drug-likeness (QED) is 0.716. The van der Waals surface area contributed by atoms with E-state index in [0.29, 0.717) is 11.8 Å². The molecule has 2 nitrogen and oxygen atoms in total. The van der Waals surface area contributed by atoms with Gasteiger partial charge in [0.05, 0.1) is 5.69 Å². The van der Waals surface area contributed by atoms with Crippen molar-refractivity contribution < 1.29 is 0 Å². The number of benzene rings is 1. The molecule has 0 N–H and O–H groups in total. The van der Waals surface area contributed by atoms with Crippen LogP contribution in [-0.4, -0.2) is 12.3 Å². The molecule has 1 aromatic carbocycles. The Balaban J connectivity index is 2.36. The van der Waals surface area contributed by atoms with Crippen molar-refractivity contribution in [2.75, 3.05) is 11.6 Å². The molecule has 0 spiro atoms. The Morgan fingerprint density at radius 3 is 2.76 bits per heavy atom. The fourth-order valence-corrected chi connectivity index (χ4v) is 2.53. The lowest BCUT2D eigenvalue weighted by Crippen LogP contribution is -2.19. The lowest BCUT2D eigenvalue weighted by molar-refractivity contribution is 0.461. The molecule has 0 radical (unpaired) electrons. The first kappa shape index (κ1) is 12.2. The molecule has 2 atom stereocenters. The predicted octanol–water partition coefficient (Wildman–Crippen LogP) is 4.03. The lowest BCUT2D eigenvalue weighted by Gasteiger charge is -2.18. The molecular formula is C15H22N2. The fraction of sp³-hybridized carbons (Fsp3) is 0.533. The summed E-state index contributed by atoms with van der Waals surface area (Å²) in [5.74, 6) is 1.34. The maximum Gasteiger partial charge on any atom is 0.0629 e. The number of anilines is 1. The number of nitrogens with zero attached hydrogens (tertiary/aromatic N) is 2. The van der Waals surface area contributed by atoms with Crippen molar-refractivity contribution in [3.05, 3.63) is 29.8 Å². The van der Waals surface area contributed by atoms with E-state index in [2.05, 4.69) is 62.1 Å². The summed E-state index contributed by atoms with van der Waals surface area (Å²) in [5, 5.41) is 6.80. The minimum absolute atomic E-state index is 0.624. The molecule has 1 aliphatic rings. The third kappa shape index (κ3) is 2.36. The van der Waals surface area contributed by atoms with Crippen LogP contribution in [0, 0.1) is 5.92 Å². The molecule has 1 heterocycles. The zero-order valence-electron chi connectivity index (χ0n) is 11.3. The van der Waals surface area contributed by atoms with Crippen LogP contribution >= 0.6 is 0 Å². The fourth-order valence-electron chi connectivity index (χ4n) is 2.53. The molecule has 2 unspecified atom stereocenters. The average molecular weight is 230 g/mol. The molecule has 17 heavy (non-hydrogen) atoms. The summed E-state index contributed by atoms with van der Waals surface area (Å²) in [7, 11) is 0. The second-order valence-electron chi connectivity index (χ2n) is 5.18. The minimum Gasteiger partial charge on any atom is -0.265 e. The third-order valence-corrected chi connectivity index (χ3v) is 3.64. The number of hydrogen-bond donors (Lipinski definition) is 0. The summed E-state index contributed by atoms with van der Waals surface area (Å²) in [4.78, 5) is 0. The van der Waals surface area contributed by atoms with Crippen molar-refractivity contribution >= 4 is 11.4 Å². The van der Waals surface area contributed by atoms with Gasteiger partial charge in [-0.1, -0.05) is 38.5 Å². The summed E-state index contributed by atoms with van der Waals surface area (Å²) in [5.41, 5.74) is 3.87. The van der Waals surface area contributed by atoms with E-state index in [1.54, 1.807) is 0 Å². The van der Waals surface area contributed by atoms with Crippen LogP contribution in [0.3, 0.4) is 0 Å².